The van der Waals surface area contributed by atoms with E-state index in [-0.39, 0.29) is 0 Å². The normalized spacial score (nSPS) is 11.7. The summed E-state index contributed by atoms with van der Waals surface area (Å²) in [6.45, 7) is 2.18. The van der Waals surface area contributed by atoms with Crippen LogP contribution in [0.4, 0.5) is 0 Å². The van der Waals surface area contributed by atoms with E-state index in [4.69, 9.17) is 5.21 Å². The lowest BCUT2D eigenvalue weighted by Crippen LogP contribution is -2.03. The van der Waals surface area contributed by atoms with Gasteiger partial charge in [-0.05, 0) is 25.0 Å². The topological polar surface area (TPSA) is 45.5 Å². The van der Waals surface area contributed by atoms with Crippen LogP contribution >= 0.6 is 0 Å². The summed E-state index contributed by atoms with van der Waals surface area (Å²) in [5.41, 5.74) is 1.46. The van der Waals surface area contributed by atoms with Gasteiger partial charge in [-0.1, -0.05) is 37.4 Å². The molecule has 82 valence electrons. The number of pyridine rings is 1. The molecule has 15 heavy (non-hydrogen) atoms. The highest BCUT2D eigenvalue weighted by Gasteiger charge is 2.04. The maximum absolute atomic E-state index is 8.88. The Balaban J connectivity index is 2.44. The summed E-state index contributed by atoms with van der Waals surface area (Å²) in [7, 11) is 0. The fourth-order valence-corrected chi connectivity index (χ4v) is 1.48. The first-order valence-corrected chi connectivity index (χ1v) is 5.50. The SMILES string of the molecule is CCCCCC/C(=N\O)c1ccccn1. The van der Waals surface area contributed by atoms with Crippen molar-refractivity contribution in [1.29, 1.82) is 0 Å². The molecule has 0 saturated carbocycles. The zero-order chi connectivity index (χ0) is 10.9. The van der Waals surface area contributed by atoms with Crippen LogP contribution in [0.5, 0.6) is 0 Å². The highest BCUT2D eigenvalue weighted by Crippen LogP contribution is 2.08. The molecule has 0 bridgehead atoms. The van der Waals surface area contributed by atoms with Crippen molar-refractivity contribution in [2.45, 2.75) is 39.0 Å². The second-order valence-corrected chi connectivity index (χ2v) is 3.57. The predicted molar refractivity (Wildman–Crippen MR) is 61.3 cm³/mol. The molecule has 0 saturated heterocycles. The van der Waals surface area contributed by atoms with Crippen LogP contribution in [0.3, 0.4) is 0 Å². The Labute approximate surface area is 90.8 Å². The monoisotopic (exact) mass is 206 g/mol. The molecule has 0 aromatic carbocycles. The van der Waals surface area contributed by atoms with Gasteiger partial charge >= 0.3 is 0 Å². The van der Waals surface area contributed by atoms with E-state index in [1.165, 1.54) is 19.3 Å². The molecule has 0 unspecified atom stereocenters. The number of hydrogen-bond donors (Lipinski definition) is 1. The minimum absolute atomic E-state index is 0.687. The minimum Gasteiger partial charge on any atom is -0.411 e. The van der Waals surface area contributed by atoms with Crippen molar-refractivity contribution in [1.82, 2.24) is 4.98 Å². The minimum atomic E-state index is 0.687. The van der Waals surface area contributed by atoms with Crippen LogP contribution in [-0.2, 0) is 0 Å². The number of unbranched alkanes of at least 4 members (excludes halogenated alkanes) is 3. The average molecular weight is 206 g/mol. The summed E-state index contributed by atoms with van der Waals surface area (Å²) in [6, 6.07) is 5.63. The van der Waals surface area contributed by atoms with Crippen LogP contribution in [-0.4, -0.2) is 15.9 Å². The molecule has 0 atom stereocenters. The third-order valence-electron chi connectivity index (χ3n) is 2.35. The van der Waals surface area contributed by atoms with Crippen LogP contribution in [0, 0.1) is 0 Å². The molecule has 3 heteroatoms. The lowest BCUT2D eigenvalue weighted by Gasteiger charge is -2.02. The van der Waals surface area contributed by atoms with E-state index in [0.717, 1.165) is 18.5 Å². The molecule has 1 aromatic heterocycles. The van der Waals surface area contributed by atoms with Crippen molar-refractivity contribution < 1.29 is 5.21 Å². The maximum atomic E-state index is 8.88. The number of aromatic nitrogens is 1. The van der Waals surface area contributed by atoms with Gasteiger partial charge in [0.1, 0.15) is 5.71 Å². The van der Waals surface area contributed by atoms with Crippen LogP contribution < -0.4 is 0 Å². The summed E-state index contributed by atoms with van der Waals surface area (Å²) < 4.78 is 0. The largest absolute Gasteiger partial charge is 0.411 e. The fraction of sp³-hybridized carbons (Fsp3) is 0.500. The summed E-state index contributed by atoms with van der Waals surface area (Å²) >= 11 is 0. The van der Waals surface area contributed by atoms with Gasteiger partial charge < -0.3 is 5.21 Å². The van der Waals surface area contributed by atoms with Crippen LogP contribution in [0.1, 0.15) is 44.7 Å². The Morgan fingerprint density at radius 2 is 2.20 bits per heavy atom. The van der Waals surface area contributed by atoms with Gasteiger partial charge in [-0.3, -0.25) is 4.98 Å². The molecule has 0 radical (unpaired) electrons. The molecule has 1 heterocycles. The van der Waals surface area contributed by atoms with E-state index in [9.17, 15) is 0 Å². The van der Waals surface area contributed by atoms with E-state index >= 15 is 0 Å². The van der Waals surface area contributed by atoms with Crippen LogP contribution in [0.2, 0.25) is 0 Å². The first-order valence-electron chi connectivity index (χ1n) is 5.50. The first kappa shape index (κ1) is 11.7. The van der Waals surface area contributed by atoms with Crippen molar-refractivity contribution >= 4 is 5.71 Å². The third-order valence-corrected chi connectivity index (χ3v) is 2.35. The van der Waals surface area contributed by atoms with Gasteiger partial charge in [-0.15, -0.1) is 0 Å². The molecule has 1 aromatic rings. The van der Waals surface area contributed by atoms with Crippen molar-refractivity contribution in [3.8, 4) is 0 Å². The van der Waals surface area contributed by atoms with Crippen LogP contribution in [0.15, 0.2) is 29.6 Å². The molecule has 0 aliphatic rings. The van der Waals surface area contributed by atoms with Gasteiger partial charge in [-0.25, -0.2) is 0 Å². The third kappa shape index (κ3) is 4.11. The van der Waals surface area contributed by atoms with Crippen molar-refractivity contribution in [3.63, 3.8) is 0 Å². The molecule has 1 N–H and O–H groups in total. The standard InChI is InChI=1S/C12H18N2O/c1-2-3-4-5-9-12(14-15)11-8-6-7-10-13-11/h6-8,10,15H,2-5,9H2,1H3/b14-12+. The molecule has 0 aliphatic carbocycles. The van der Waals surface area contributed by atoms with E-state index in [0.29, 0.717) is 5.71 Å². The summed E-state index contributed by atoms with van der Waals surface area (Å²) in [4.78, 5) is 4.16. The smallest absolute Gasteiger partial charge is 0.105 e. The fourth-order valence-electron chi connectivity index (χ4n) is 1.48. The van der Waals surface area contributed by atoms with Crippen molar-refractivity contribution in [3.05, 3.63) is 30.1 Å². The highest BCUT2D eigenvalue weighted by atomic mass is 16.4. The Morgan fingerprint density at radius 1 is 1.33 bits per heavy atom. The molecular formula is C12H18N2O. The van der Waals surface area contributed by atoms with Gasteiger partial charge in [0, 0.05) is 6.20 Å². The van der Waals surface area contributed by atoms with Gasteiger partial charge in [0.15, 0.2) is 0 Å². The Hall–Kier alpha value is -1.38. The predicted octanol–water partition coefficient (Wildman–Crippen LogP) is 3.23. The van der Waals surface area contributed by atoms with E-state index in [1.54, 1.807) is 6.20 Å². The number of oxime groups is 1. The Bertz CT molecular complexity index is 296. The molecular weight excluding hydrogens is 188 g/mol. The van der Waals surface area contributed by atoms with Gasteiger partial charge in [-0.2, -0.15) is 0 Å². The maximum Gasteiger partial charge on any atom is 0.105 e. The van der Waals surface area contributed by atoms with E-state index < -0.39 is 0 Å². The molecule has 0 amide bonds. The first-order chi connectivity index (χ1) is 7.38. The van der Waals surface area contributed by atoms with Crippen LogP contribution in [0.25, 0.3) is 0 Å². The zero-order valence-corrected chi connectivity index (χ0v) is 9.19. The van der Waals surface area contributed by atoms with Gasteiger partial charge in [0.25, 0.3) is 0 Å². The summed E-state index contributed by atoms with van der Waals surface area (Å²) in [6.07, 6.45) is 7.21. The van der Waals surface area contributed by atoms with E-state index in [1.807, 2.05) is 18.2 Å². The van der Waals surface area contributed by atoms with Gasteiger partial charge in [0.05, 0.1) is 5.69 Å². The summed E-state index contributed by atoms with van der Waals surface area (Å²) in [5.74, 6) is 0. The number of nitrogens with zero attached hydrogens (tertiary/aromatic N) is 2. The van der Waals surface area contributed by atoms with Gasteiger partial charge in [0.2, 0.25) is 0 Å². The molecule has 3 nitrogen and oxygen atoms in total. The lowest BCUT2D eigenvalue weighted by atomic mass is 10.1. The summed E-state index contributed by atoms with van der Waals surface area (Å²) in [5, 5.41) is 12.2. The number of rotatable bonds is 6. The Morgan fingerprint density at radius 3 is 2.80 bits per heavy atom. The molecule has 0 aliphatic heterocycles. The zero-order valence-electron chi connectivity index (χ0n) is 9.19. The average Bonchev–Trinajstić information content (AvgIpc) is 2.30. The van der Waals surface area contributed by atoms with Crippen molar-refractivity contribution in [2.24, 2.45) is 5.16 Å². The second kappa shape index (κ2) is 6.98. The molecule has 0 fully saturated rings. The second-order valence-electron chi connectivity index (χ2n) is 3.57. The Kier molecular flexibility index (Phi) is 5.44. The van der Waals surface area contributed by atoms with E-state index in [2.05, 4.69) is 17.1 Å². The molecule has 1 rings (SSSR count). The molecule has 0 spiro atoms. The highest BCUT2D eigenvalue weighted by molar-refractivity contribution is 5.98. The number of hydrogen-bond acceptors (Lipinski definition) is 3. The van der Waals surface area contributed by atoms with Crippen molar-refractivity contribution in [2.75, 3.05) is 0 Å². The lowest BCUT2D eigenvalue weighted by molar-refractivity contribution is 0.317. The quantitative estimate of drug-likeness (QED) is 0.336.